The first-order valence-electron chi connectivity index (χ1n) is 12.3. The molecule has 2 saturated heterocycles. The quantitative estimate of drug-likeness (QED) is 0.339. The molecule has 32 heavy (non-hydrogen) atoms. The third kappa shape index (κ3) is 7.94. The Morgan fingerprint density at radius 1 is 1.06 bits per heavy atom. The van der Waals surface area contributed by atoms with Gasteiger partial charge in [0.05, 0.1) is 6.10 Å². The topological polar surface area (TPSA) is 52.6 Å². The molecule has 180 valence electrons. The number of nitrogens with zero attached hydrogens (tertiary/aromatic N) is 4. The molecule has 0 spiro atoms. The largest absolute Gasteiger partial charge is 0.385 e. The zero-order valence-electron chi connectivity index (χ0n) is 20.4. The van der Waals surface area contributed by atoms with Crippen molar-refractivity contribution in [3.63, 3.8) is 0 Å². The van der Waals surface area contributed by atoms with Gasteiger partial charge in [-0.3, -0.25) is 9.89 Å². The second-order valence-electron chi connectivity index (χ2n) is 8.90. The summed E-state index contributed by atoms with van der Waals surface area (Å²) >= 11 is 0. The fourth-order valence-corrected chi connectivity index (χ4v) is 4.58. The number of likely N-dealkylation sites (tertiary alicyclic amines) is 1. The number of aryl methyl sites for hydroxylation is 1. The second-order valence-corrected chi connectivity index (χ2v) is 8.90. The van der Waals surface area contributed by atoms with Gasteiger partial charge in [-0.15, -0.1) is 0 Å². The third-order valence-corrected chi connectivity index (χ3v) is 6.47. The van der Waals surface area contributed by atoms with Crippen LogP contribution in [-0.4, -0.2) is 102 Å². The Labute approximate surface area is 194 Å². The molecule has 0 saturated carbocycles. The number of benzene rings is 1. The summed E-state index contributed by atoms with van der Waals surface area (Å²) in [6.45, 7) is 12.4. The maximum Gasteiger partial charge on any atom is 0.193 e. The molecule has 3 rings (SSSR count). The maximum absolute atomic E-state index is 5.98. The van der Waals surface area contributed by atoms with Crippen LogP contribution >= 0.6 is 0 Å². The highest BCUT2D eigenvalue weighted by molar-refractivity contribution is 5.79. The first-order valence-corrected chi connectivity index (χ1v) is 12.3. The van der Waals surface area contributed by atoms with Crippen LogP contribution in [0.4, 0.5) is 5.69 Å². The van der Waals surface area contributed by atoms with Gasteiger partial charge in [-0.05, 0) is 56.8 Å². The molecule has 2 heterocycles. The molecule has 0 amide bonds. The number of guanidine groups is 1. The number of rotatable bonds is 10. The number of piperazine rings is 1. The van der Waals surface area contributed by atoms with E-state index < -0.39 is 0 Å². The summed E-state index contributed by atoms with van der Waals surface area (Å²) < 4.78 is 11.1. The van der Waals surface area contributed by atoms with Crippen LogP contribution in [0.3, 0.4) is 0 Å². The van der Waals surface area contributed by atoms with Crippen LogP contribution in [0.25, 0.3) is 0 Å². The molecule has 1 aromatic rings. The van der Waals surface area contributed by atoms with E-state index >= 15 is 0 Å². The molecular weight excluding hydrogens is 402 g/mol. The van der Waals surface area contributed by atoms with Crippen molar-refractivity contribution in [2.75, 3.05) is 84.6 Å². The number of hydrogen-bond acceptors (Lipinski definition) is 5. The minimum Gasteiger partial charge on any atom is -0.385 e. The summed E-state index contributed by atoms with van der Waals surface area (Å²) in [5.41, 5.74) is 2.70. The molecule has 1 aromatic carbocycles. The van der Waals surface area contributed by atoms with E-state index in [9.17, 15) is 0 Å². The van der Waals surface area contributed by atoms with Gasteiger partial charge in [-0.2, -0.15) is 0 Å². The predicted molar refractivity (Wildman–Crippen MR) is 133 cm³/mol. The van der Waals surface area contributed by atoms with Crippen molar-refractivity contribution in [2.24, 2.45) is 4.99 Å². The first kappa shape index (κ1) is 24.8. The van der Waals surface area contributed by atoms with Crippen molar-refractivity contribution in [3.05, 3.63) is 29.8 Å². The van der Waals surface area contributed by atoms with E-state index in [1.165, 1.54) is 11.3 Å². The maximum atomic E-state index is 5.98. The summed E-state index contributed by atoms with van der Waals surface area (Å²) in [6.07, 6.45) is 4.63. The van der Waals surface area contributed by atoms with Crippen molar-refractivity contribution in [2.45, 2.75) is 38.7 Å². The summed E-state index contributed by atoms with van der Waals surface area (Å²) in [5, 5.41) is 3.58. The number of methoxy groups -OCH3 is 1. The average molecular weight is 446 g/mol. The lowest BCUT2D eigenvalue weighted by Crippen LogP contribution is -2.48. The van der Waals surface area contributed by atoms with Crippen LogP contribution in [0.5, 0.6) is 0 Å². The minimum atomic E-state index is 0.375. The number of aliphatic imine (C=N–C) groups is 1. The number of ether oxygens (including phenoxy) is 2. The van der Waals surface area contributed by atoms with E-state index in [0.29, 0.717) is 6.10 Å². The Hall–Kier alpha value is -1.83. The molecule has 1 N–H and O–H groups in total. The van der Waals surface area contributed by atoms with Gasteiger partial charge in [0.2, 0.25) is 0 Å². The average Bonchev–Trinajstić information content (AvgIpc) is 2.83. The fraction of sp³-hybridized carbons (Fsp3) is 0.720. The van der Waals surface area contributed by atoms with Gasteiger partial charge in [0.25, 0.3) is 0 Å². The molecule has 7 nitrogen and oxygen atoms in total. The van der Waals surface area contributed by atoms with Gasteiger partial charge < -0.3 is 24.6 Å². The summed E-state index contributed by atoms with van der Waals surface area (Å²) in [4.78, 5) is 12.0. The summed E-state index contributed by atoms with van der Waals surface area (Å²) in [6, 6.07) is 8.85. The van der Waals surface area contributed by atoms with E-state index in [0.717, 1.165) is 97.2 Å². The Morgan fingerprint density at radius 2 is 1.84 bits per heavy atom. The van der Waals surface area contributed by atoms with Crippen molar-refractivity contribution in [1.82, 2.24) is 15.1 Å². The molecule has 0 aromatic heterocycles. The van der Waals surface area contributed by atoms with Crippen molar-refractivity contribution >= 4 is 11.6 Å². The first-order chi connectivity index (χ1) is 15.7. The molecule has 2 fully saturated rings. The van der Waals surface area contributed by atoms with Gasteiger partial charge in [-0.1, -0.05) is 12.1 Å². The van der Waals surface area contributed by atoms with Crippen molar-refractivity contribution in [1.29, 1.82) is 0 Å². The minimum absolute atomic E-state index is 0.375. The summed E-state index contributed by atoms with van der Waals surface area (Å²) in [5.74, 6) is 1.03. The molecule has 0 unspecified atom stereocenters. The van der Waals surface area contributed by atoms with Crippen LogP contribution in [0, 0.1) is 6.92 Å². The van der Waals surface area contributed by atoms with Crippen LogP contribution in [0.1, 0.15) is 31.2 Å². The number of hydrogen-bond donors (Lipinski definition) is 1. The van der Waals surface area contributed by atoms with Gasteiger partial charge >= 0.3 is 0 Å². The normalized spacial score (nSPS) is 18.9. The molecule has 7 heteroatoms. The predicted octanol–water partition coefficient (Wildman–Crippen LogP) is 2.60. The lowest BCUT2D eigenvalue weighted by atomic mass is 10.1. The molecule has 2 aliphatic heterocycles. The molecule has 0 radical (unpaired) electrons. The highest BCUT2D eigenvalue weighted by Crippen LogP contribution is 2.18. The number of anilines is 1. The van der Waals surface area contributed by atoms with Gasteiger partial charge in [0.15, 0.2) is 5.96 Å². The number of nitrogens with one attached hydrogen (secondary N) is 1. The Morgan fingerprint density at radius 3 is 2.53 bits per heavy atom. The van der Waals surface area contributed by atoms with Gasteiger partial charge in [-0.25, -0.2) is 0 Å². The summed E-state index contributed by atoms with van der Waals surface area (Å²) in [7, 11) is 3.63. The van der Waals surface area contributed by atoms with E-state index in [1.54, 1.807) is 7.11 Å². The molecule has 0 atom stereocenters. The van der Waals surface area contributed by atoms with E-state index in [2.05, 4.69) is 56.2 Å². The van der Waals surface area contributed by atoms with E-state index in [-0.39, 0.29) is 0 Å². The third-order valence-electron chi connectivity index (χ3n) is 6.47. The molecule has 2 aliphatic rings. The molecule has 0 bridgehead atoms. The zero-order chi connectivity index (χ0) is 22.6. The smallest absolute Gasteiger partial charge is 0.193 e. The zero-order valence-corrected chi connectivity index (χ0v) is 20.4. The Bertz CT molecular complexity index is 683. The van der Waals surface area contributed by atoms with Gasteiger partial charge in [0, 0.05) is 78.9 Å². The monoisotopic (exact) mass is 445 g/mol. The van der Waals surface area contributed by atoms with Crippen molar-refractivity contribution < 1.29 is 9.47 Å². The second kappa shape index (κ2) is 13.7. The van der Waals surface area contributed by atoms with E-state index in [4.69, 9.17) is 9.47 Å². The number of piperidine rings is 1. The highest BCUT2D eigenvalue weighted by atomic mass is 16.5. The standard InChI is InChI=1S/C25H43N5O2/c1-22-7-4-8-23(21-22)29-17-15-28(16-18-29)12-5-11-27-25(26-2)30-13-9-24(10-14-30)32-20-6-19-31-3/h4,7-8,21,24H,5-6,9-20H2,1-3H3,(H,26,27). The fourth-order valence-electron chi connectivity index (χ4n) is 4.58. The van der Waals surface area contributed by atoms with E-state index in [1.807, 2.05) is 7.05 Å². The molecule has 0 aliphatic carbocycles. The van der Waals surface area contributed by atoms with Crippen LogP contribution in [0.2, 0.25) is 0 Å². The van der Waals surface area contributed by atoms with Crippen LogP contribution in [-0.2, 0) is 9.47 Å². The highest BCUT2D eigenvalue weighted by Gasteiger charge is 2.22. The lowest BCUT2D eigenvalue weighted by molar-refractivity contribution is 0.00991. The Balaban J connectivity index is 1.27. The molecular formula is C25H43N5O2. The Kier molecular flexibility index (Phi) is 10.6. The van der Waals surface area contributed by atoms with Crippen LogP contribution < -0.4 is 10.2 Å². The van der Waals surface area contributed by atoms with Crippen molar-refractivity contribution in [3.8, 4) is 0 Å². The lowest BCUT2D eigenvalue weighted by Gasteiger charge is -2.36. The van der Waals surface area contributed by atoms with Gasteiger partial charge in [0.1, 0.15) is 0 Å². The SMILES string of the molecule is CN=C(NCCCN1CCN(c2cccc(C)c2)CC1)N1CCC(OCCCOC)CC1. The van der Waals surface area contributed by atoms with Crippen LogP contribution in [0.15, 0.2) is 29.3 Å².